The van der Waals surface area contributed by atoms with E-state index in [1.165, 1.54) is 6.42 Å². The van der Waals surface area contributed by atoms with Crippen molar-refractivity contribution in [1.82, 2.24) is 15.5 Å². The molecule has 1 aromatic rings. The highest BCUT2D eigenvalue weighted by molar-refractivity contribution is 6.31. The van der Waals surface area contributed by atoms with Gasteiger partial charge in [-0.05, 0) is 62.8 Å². The summed E-state index contributed by atoms with van der Waals surface area (Å²) >= 11 is 6.10. The molecule has 2 amide bonds. The zero-order valence-electron chi connectivity index (χ0n) is 15.6. The first kappa shape index (κ1) is 18.8. The minimum absolute atomic E-state index is 0.00604. The van der Waals surface area contributed by atoms with E-state index in [0.29, 0.717) is 29.1 Å². The lowest BCUT2D eigenvalue weighted by molar-refractivity contribution is -0.125. The van der Waals surface area contributed by atoms with Crippen LogP contribution in [0.5, 0.6) is 0 Å². The van der Waals surface area contributed by atoms with Crippen molar-refractivity contribution >= 4 is 23.4 Å². The third-order valence-corrected chi connectivity index (χ3v) is 6.62. The molecule has 4 unspecified atom stereocenters. The van der Waals surface area contributed by atoms with Crippen molar-refractivity contribution in [1.29, 1.82) is 0 Å². The van der Waals surface area contributed by atoms with E-state index in [1.807, 2.05) is 4.90 Å². The van der Waals surface area contributed by atoms with Crippen molar-refractivity contribution in [3.8, 4) is 0 Å². The summed E-state index contributed by atoms with van der Waals surface area (Å²) in [7, 11) is 0. The van der Waals surface area contributed by atoms with E-state index in [4.69, 9.17) is 11.6 Å². The molecule has 3 fully saturated rings. The number of likely N-dealkylation sites (tertiary alicyclic amines) is 1. The van der Waals surface area contributed by atoms with Gasteiger partial charge in [0, 0.05) is 29.2 Å². The van der Waals surface area contributed by atoms with Crippen LogP contribution in [0.3, 0.4) is 0 Å². The fraction of sp³-hybridized carbons (Fsp3) is 0.619. The number of rotatable bonds is 4. The molecular weight excluding hydrogens is 362 g/mol. The Morgan fingerprint density at radius 1 is 1.19 bits per heavy atom. The van der Waals surface area contributed by atoms with Crippen LogP contribution in [-0.2, 0) is 4.79 Å². The van der Waals surface area contributed by atoms with Crippen LogP contribution in [0.1, 0.15) is 55.3 Å². The SMILES string of the molecule is O=C(NCC1CCCN1)C1CC2CCCCC2N1C(=O)c1cccc(Cl)c1. The Bertz CT molecular complexity index is 704. The predicted octanol–water partition coefficient (Wildman–Crippen LogP) is 2.98. The Morgan fingerprint density at radius 2 is 2.04 bits per heavy atom. The molecule has 4 rings (SSSR count). The third-order valence-electron chi connectivity index (χ3n) is 6.38. The minimum Gasteiger partial charge on any atom is -0.353 e. The van der Waals surface area contributed by atoms with Crippen molar-refractivity contribution in [2.45, 2.75) is 63.1 Å². The molecule has 4 atom stereocenters. The lowest BCUT2D eigenvalue weighted by atomic mass is 9.84. The average molecular weight is 390 g/mol. The number of fused-ring (bicyclic) bond motifs is 1. The molecule has 146 valence electrons. The van der Waals surface area contributed by atoms with Gasteiger partial charge in [0.1, 0.15) is 6.04 Å². The maximum absolute atomic E-state index is 13.3. The number of benzene rings is 1. The lowest BCUT2D eigenvalue weighted by Crippen LogP contribution is -2.51. The number of hydrogen-bond donors (Lipinski definition) is 2. The van der Waals surface area contributed by atoms with E-state index < -0.39 is 0 Å². The number of nitrogens with zero attached hydrogens (tertiary/aromatic N) is 1. The first-order valence-corrected chi connectivity index (χ1v) is 10.6. The van der Waals surface area contributed by atoms with Gasteiger partial charge in [-0.25, -0.2) is 0 Å². The Balaban J connectivity index is 1.52. The van der Waals surface area contributed by atoms with Gasteiger partial charge in [-0.1, -0.05) is 30.5 Å². The molecule has 2 heterocycles. The number of halogens is 1. The molecule has 1 aliphatic carbocycles. The van der Waals surface area contributed by atoms with E-state index in [-0.39, 0.29) is 23.9 Å². The van der Waals surface area contributed by atoms with Crippen molar-refractivity contribution in [3.63, 3.8) is 0 Å². The smallest absolute Gasteiger partial charge is 0.254 e. The molecule has 1 saturated carbocycles. The highest BCUT2D eigenvalue weighted by Gasteiger charge is 2.47. The van der Waals surface area contributed by atoms with Gasteiger partial charge in [0.25, 0.3) is 5.91 Å². The van der Waals surface area contributed by atoms with E-state index in [2.05, 4.69) is 10.6 Å². The van der Waals surface area contributed by atoms with E-state index in [1.54, 1.807) is 24.3 Å². The van der Waals surface area contributed by atoms with Crippen LogP contribution in [0.15, 0.2) is 24.3 Å². The summed E-state index contributed by atoms with van der Waals surface area (Å²) in [6.07, 6.45) is 7.46. The predicted molar refractivity (Wildman–Crippen MR) is 106 cm³/mol. The molecule has 0 aromatic heterocycles. The Morgan fingerprint density at radius 3 is 2.81 bits per heavy atom. The van der Waals surface area contributed by atoms with Crippen LogP contribution >= 0.6 is 11.6 Å². The lowest BCUT2D eigenvalue weighted by Gasteiger charge is -2.33. The largest absolute Gasteiger partial charge is 0.353 e. The van der Waals surface area contributed by atoms with Gasteiger partial charge < -0.3 is 15.5 Å². The molecule has 0 radical (unpaired) electrons. The Hall–Kier alpha value is -1.59. The molecule has 2 N–H and O–H groups in total. The molecule has 1 aromatic carbocycles. The molecule has 0 spiro atoms. The van der Waals surface area contributed by atoms with E-state index in [9.17, 15) is 9.59 Å². The number of carbonyl (C=O) groups excluding carboxylic acids is 2. The Kier molecular flexibility index (Phi) is 5.69. The maximum atomic E-state index is 13.3. The second-order valence-corrected chi connectivity index (χ2v) is 8.56. The van der Waals surface area contributed by atoms with Gasteiger partial charge >= 0.3 is 0 Å². The molecule has 27 heavy (non-hydrogen) atoms. The number of nitrogens with one attached hydrogen (secondary N) is 2. The summed E-state index contributed by atoms with van der Waals surface area (Å²) in [5.74, 6) is 0.363. The van der Waals surface area contributed by atoms with Crippen molar-refractivity contribution in [2.24, 2.45) is 5.92 Å². The van der Waals surface area contributed by atoms with Crippen LogP contribution in [0.2, 0.25) is 5.02 Å². The van der Waals surface area contributed by atoms with Crippen LogP contribution in [0, 0.1) is 5.92 Å². The van der Waals surface area contributed by atoms with Gasteiger partial charge in [-0.3, -0.25) is 9.59 Å². The van der Waals surface area contributed by atoms with Crippen molar-refractivity contribution in [2.75, 3.05) is 13.1 Å². The molecule has 2 saturated heterocycles. The summed E-state index contributed by atoms with van der Waals surface area (Å²) < 4.78 is 0. The highest BCUT2D eigenvalue weighted by Crippen LogP contribution is 2.40. The van der Waals surface area contributed by atoms with Gasteiger partial charge in [-0.2, -0.15) is 0 Å². The monoisotopic (exact) mass is 389 g/mol. The quantitative estimate of drug-likeness (QED) is 0.832. The second kappa shape index (κ2) is 8.19. The summed E-state index contributed by atoms with van der Waals surface area (Å²) in [5.41, 5.74) is 0.573. The second-order valence-electron chi connectivity index (χ2n) is 8.12. The number of hydrogen-bond acceptors (Lipinski definition) is 3. The Labute approximate surface area is 165 Å². The van der Waals surface area contributed by atoms with Gasteiger partial charge in [0.2, 0.25) is 5.91 Å². The van der Waals surface area contributed by atoms with Gasteiger partial charge in [0.15, 0.2) is 0 Å². The highest BCUT2D eigenvalue weighted by atomic mass is 35.5. The van der Waals surface area contributed by atoms with Crippen LogP contribution in [0.25, 0.3) is 0 Å². The maximum Gasteiger partial charge on any atom is 0.254 e. The molecule has 6 heteroatoms. The summed E-state index contributed by atoms with van der Waals surface area (Å²) in [5, 5.41) is 7.06. The summed E-state index contributed by atoms with van der Waals surface area (Å²) in [6.45, 7) is 1.66. The van der Waals surface area contributed by atoms with Crippen LogP contribution < -0.4 is 10.6 Å². The van der Waals surface area contributed by atoms with E-state index >= 15 is 0 Å². The van der Waals surface area contributed by atoms with Gasteiger partial charge in [0.05, 0.1) is 0 Å². The molecule has 2 aliphatic heterocycles. The first-order valence-electron chi connectivity index (χ1n) is 10.2. The number of amides is 2. The summed E-state index contributed by atoms with van der Waals surface area (Å²) in [6, 6.07) is 7.22. The van der Waals surface area contributed by atoms with E-state index in [0.717, 1.165) is 45.1 Å². The zero-order valence-corrected chi connectivity index (χ0v) is 16.4. The number of carbonyl (C=O) groups is 2. The molecule has 5 nitrogen and oxygen atoms in total. The fourth-order valence-electron chi connectivity index (χ4n) is 5.03. The minimum atomic E-state index is -0.369. The fourth-order valence-corrected chi connectivity index (χ4v) is 5.22. The van der Waals surface area contributed by atoms with Crippen molar-refractivity contribution in [3.05, 3.63) is 34.9 Å². The first-order chi connectivity index (χ1) is 13.1. The van der Waals surface area contributed by atoms with Crippen molar-refractivity contribution < 1.29 is 9.59 Å². The third kappa shape index (κ3) is 3.99. The standard InChI is InChI=1S/C21H28ClN3O2/c22-16-7-3-6-15(11-16)21(27)25-18-9-2-1-5-14(18)12-19(25)20(26)24-13-17-8-4-10-23-17/h3,6-7,11,14,17-19,23H,1-2,4-5,8-10,12-13H2,(H,24,26). The molecule has 3 aliphatic rings. The zero-order chi connectivity index (χ0) is 18.8. The topological polar surface area (TPSA) is 61.4 Å². The van der Waals surface area contributed by atoms with Gasteiger partial charge in [-0.15, -0.1) is 0 Å². The van der Waals surface area contributed by atoms with Crippen LogP contribution in [-0.4, -0.2) is 47.9 Å². The molecular formula is C21H28ClN3O2. The van der Waals surface area contributed by atoms with Crippen LogP contribution in [0.4, 0.5) is 0 Å². The average Bonchev–Trinajstić information content (AvgIpc) is 3.33. The normalized spacial score (nSPS) is 30.2. The summed E-state index contributed by atoms with van der Waals surface area (Å²) in [4.78, 5) is 28.2. The molecule has 0 bridgehead atoms.